The third-order valence-corrected chi connectivity index (χ3v) is 5.90. The molecule has 4 aromatic rings. The minimum atomic E-state index is 0.580. The number of hydrogen-bond acceptors (Lipinski definition) is 8. The van der Waals surface area contributed by atoms with Gasteiger partial charge in [0.05, 0.1) is 17.4 Å². The molecule has 0 bridgehead atoms. The first-order chi connectivity index (χ1) is 15.4. The molecule has 1 N–H and O–H groups in total. The zero-order valence-corrected chi connectivity index (χ0v) is 17.1. The van der Waals surface area contributed by atoms with Gasteiger partial charge in [0, 0.05) is 55.7 Å². The summed E-state index contributed by atoms with van der Waals surface area (Å²) < 4.78 is 0. The lowest BCUT2D eigenvalue weighted by atomic mass is 10.1. The van der Waals surface area contributed by atoms with Crippen LogP contribution in [-0.2, 0) is 0 Å². The molecule has 8 heteroatoms. The van der Waals surface area contributed by atoms with Crippen LogP contribution in [0.25, 0.3) is 33.7 Å². The zero-order valence-electron chi connectivity index (χ0n) is 17.1. The summed E-state index contributed by atoms with van der Waals surface area (Å²) >= 11 is 0. The van der Waals surface area contributed by atoms with Crippen molar-refractivity contribution in [3.8, 4) is 22.8 Å². The lowest BCUT2D eigenvalue weighted by molar-refractivity contribution is 0.586. The summed E-state index contributed by atoms with van der Waals surface area (Å²) in [5, 5.41) is 12.7. The zero-order chi connectivity index (χ0) is 20.6. The molecule has 0 spiro atoms. The summed E-state index contributed by atoms with van der Waals surface area (Å²) in [4.78, 5) is 21.4. The monoisotopic (exact) mass is 410 g/mol. The van der Waals surface area contributed by atoms with Crippen LogP contribution >= 0.6 is 0 Å². The van der Waals surface area contributed by atoms with Crippen molar-refractivity contribution in [2.45, 2.75) is 18.8 Å². The number of pyridine rings is 2. The number of piperazine rings is 1. The minimum Gasteiger partial charge on any atom is -0.353 e. The number of nitrogens with one attached hydrogen (secondary N) is 1. The number of anilines is 1. The predicted octanol–water partition coefficient (Wildman–Crippen LogP) is 2.83. The van der Waals surface area contributed by atoms with Crippen LogP contribution in [0.1, 0.15) is 24.3 Å². The molecule has 0 atom stereocenters. The van der Waals surface area contributed by atoms with Crippen molar-refractivity contribution in [1.29, 1.82) is 0 Å². The second kappa shape index (κ2) is 7.63. The van der Waals surface area contributed by atoms with E-state index in [2.05, 4.69) is 30.4 Å². The molecular formula is C23H22N8. The maximum absolute atomic E-state index is 5.10. The summed E-state index contributed by atoms with van der Waals surface area (Å²) in [6.45, 7) is 3.77. The highest BCUT2D eigenvalue weighted by Gasteiger charge is 2.29. The highest BCUT2D eigenvalue weighted by Crippen LogP contribution is 2.44. The van der Waals surface area contributed by atoms with Gasteiger partial charge in [-0.1, -0.05) is 0 Å². The molecule has 154 valence electrons. The number of fused-ring (bicyclic) bond motifs is 1. The van der Waals surface area contributed by atoms with Gasteiger partial charge in [0.1, 0.15) is 11.5 Å². The van der Waals surface area contributed by atoms with Crippen LogP contribution in [0.4, 0.5) is 5.82 Å². The number of nitrogens with zero attached hydrogens (tertiary/aromatic N) is 7. The summed E-state index contributed by atoms with van der Waals surface area (Å²) in [6, 6.07) is 7.68. The molecule has 8 nitrogen and oxygen atoms in total. The van der Waals surface area contributed by atoms with Crippen LogP contribution < -0.4 is 10.2 Å². The fraction of sp³-hybridized carbons (Fsp3) is 0.304. The maximum atomic E-state index is 5.10. The SMILES string of the molecule is c1cnnc(-c2cc(-c3nc(N4CCNCC4)c4c(C5CC5)cncc4n3)ccn2)c1. The Morgan fingerprint density at radius 1 is 0.968 bits per heavy atom. The van der Waals surface area contributed by atoms with E-state index in [0.29, 0.717) is 11.7 Å². The van der Waals surface area contributed by atoms with Gasteiger partial charge >= 0.3 is 0 Å². The molecule has 0 radical (unpaired) electrons. The largest absolute Gasteiger partial charge is 0.353 e. The lowest BCUT2D eigenvalue weighted by Crippen LogP contribution is -2.44. The van der Waals surface area contributed by atoms with Crippen molar-refractivity contribution >= 4 is 16.7 Å². The van der Waals surface area contributed by atoms with Crippen LogP contribution in [-0.4, -0.2) is 56.3 Å². The second-order valence-electron chi connectivity index (χ2n) is 8.04. The van der Waals surface area contributed by atoms with E-state index < -0.39 is 0 Å². The Morgan fingerprint density at radius 2 is 1.87 bits per heavy atom. The Balaban J connectivity index is 1.52. The lowest BCUT2D eigenvalue weighted by Gasteiger charge is -2.30. The van der Waals surface area contributed by atoms with E-state index in [1.807, 2.05) is 36.7 Å². The van der Waals surface area contributed by atoms with Crippen LogP contribution in [0.5, 0.6) is 0 Å². The van der Waals surface area contributed by atoms with Crippen molar-refractivity contribution in [3.63, 3.8) is 0 Å². The van der Waals surface area contributed by atoms with E-state index in [-0.39, 0.29) is 0 Å². The standard InChI is InChI=1S/C23H22N8/c1-2-18(30-27-6-1)19-12-16(5-7-26-19)22-28-20-14-25-13-17(15-3-4-15)21(20)23(29-22)31-10-8-24-9-11-31/h1-2,5-7,12-15,24H,3-4,8-11H2. The molecule has 1 aliphatic carbocycles. The molecule has 6 rings (SSSR count). The van der Waals surface area contributed by atoms with Gasteiger partial charge in [0.25, 0.3) is 0 Å². The van der Waals surface area contributed by atoms with Crippen LogP contribution in [0.15, 0.2) is 49.1 Å². The Kier molecular flexibility index (Phi) is 4.49. The fourth-order valence-corrected chi connectivity index (χ4v) is 4.18. The van der Waals surface area contributed by atoms with Gasteiger partial charge in [-0.15, -0.1) is 5.10 Å². The molecule has 2 fully saturated rings. The van der Waals surface area contributed by atoms with Gasteiger partial charge in [0.15, 0.2) is 5.82 Å². The molecule has 2 aliphatic rings. The van der Waals surface area contributed by atoms with E-state index in [1.54, 1.807) is 12.4 Å². The third-order valence-electron chi connectivity index (χ3n) is 5.90. The van der Waals surface area contributed by atoms with Crippen molar-refractivity contribution in [2.75, 3.05) is 31.1 Å². The maximum Gasteiger partial charge on any atom is 0.162 e. The van der Waals surface area contributed by atoms with Crippen molar-refractivity contribution in [3.05, 3.63) is 54.6 Å². The van der Waals surface area contributed by atoms with Gasteiger partial charge in [-0.25, -0.2) is 9.97 Å². The number of hydrogen-bond donors (Lipinski definition) is 1. The first-order valence-electron chi connectivity index (χ1n) is 10.7. The second-order valence-corrected chi connectivity index (χ2v) is 8.04. The Bertz CT molecular complexity index is 1230. The van der Waals surface area contributed by atoms with Crippen LogP contribution in [0, 0.1) is 0 Å². The van der Waals surface area contributed by atoms with E-state index >= 15 is 0 Å². The summed E-state index contributed by atoms with van der Waals surface area (Å²) in [5.41, 5.74) is 4.58. The summed E-state index contributed by atoms with van der Waals surface area (Å²) in [6.07, 6.45) is 9.74. The van der Waals surface area contributed by atoms with E-state index in [0.717, 1.165) is 59.9 Å². The van der Waals surface area contributed by atoms with Gasteiger partial charge in [0.2, 0.25) is 0 Å². The molecule has 1 saturated carbocycles. The van der Waals surface area contributed by atoms with Crippen molar-refractivity contribution in [1.82, 2.24) is 35.5 Å². The van der Waals surface area contributed by atoms with Crippen molar-refractivity contribution < 1.29 is 0 Å². The predicted molar refractivity (Wildman–Crippen MR) is 119 cm³/mol. The normalized spacial score (nSPS) is 16.6. The molecule has 0 unspecified atom stereocenters. The Hall–Kier alpha value is -3.52. The van der Waals surface area contributed by atoms with Crippen LogP contribution in [0.2, 0.25) is 0 Å². The highest BCUT2D eigenvalue weighted by molar-refractivity contribution is 5.94. The van der Waals surface area contributed by atoms with Gasteiger partial charge in [-0.3, -0.25) is 9.97 Å². The van der Waals surface area contributed by atoms with Gasteiger partial charge in [-0.05, 0) is 48.6 Å². The smallest absolute Gasteiger partial charge is 0.162 e. The molecular weight excluding hydrogens is 388 g/mol. The average molecular weight is 410 g/mol. The van der Waals surface area contributed by atoms with E-state index in [1.165, 1.54) is 18.4 Å². The quantitative estimate of drug-likeness (QED) is 0.549. The van der Waals surface area contributed by atoms with Gasteiger partial charge in [-0.2, -0.15) is 5.10 Å². The van der Waals surface area contributed by atoms with Crippen LogP contribution in [0.3, 0.4) is 0 Å². The average Bonchev–Trinajstić information content (AvgIpc) is 3.70. The first kappa shape index (κ1) is 18.3. The van der Waals surface area contributed by atoms with Gasteiger partial charge < -0.3 is 10.2 Å². The summed E-state index contributed by atoms with van der Waals surface area (Å²) in [7, 11) is 0. The molecule has 31 heavy (non-hydrogen) atoms. The first-order valence-corrected chi connectivity index (χ1v) is 10.7. The molecule has 5 heterocycles. The molecule has 0 amide bonds. The molecule has 1 saturated heterocycles. The minimum absolute atomic E-state index is 0.580. The van der Waals surface area contributed by atoms with E-state index in [9.17, 15) is 0 Å². The molecule has 1 aliphatic heterocycles. The fourth-order valence-electron chi connectivity index (χ4n) is 4.18. The molecule has 0 aromatic carbocycles. The Labute approximate surface area is 179 Å². The van der Waals surface area contributed by atoms with Crippen molar-refractivity contribution in [2.24, 2.45) is 0 Å². The number of aromatic nitrogens is 6. The Morgan fingerprint density at radius 3 is 2.68 bits per heavy atom. The third kappa shape index (κ3) is 3.48. The summed E-state index contributed by atoms with van der Waals surface area (Å²) in [5.74, 6) is 2.28. The highest BCUT2D eigenvalue weighted by atomic mass is 15.2. The number of rotatable bonds is 4. The van der Waals surface area contributed by atoms with E-state index in [4.69, 9.17) is 9.97 Å². The molecule has 4 aromatic heterocycles. The topological polar surface area (TPSA) is 92.6 Å².